The van der Waals surface area contributed by atoms with Crippen molar-refractivity contribution in [2.75, 3.05) is 13.2 Å². The third-order valence-electron chi connectivity index (χ3n) is 2.12. The predicted molar refractivity (Wildman–Crippen MR) is 75.7 cm³/mol. The third kappa shape index (κ3) is 10.7. The van der Waals surface area contributed by atoms with Crippen LogP contribution in [0.15, 0.2) is 43.0 Å². The van der Waals surface area contributed by atoms with Crippen LogP contribution >= 0.6 is 0 Å². The molecule has 1 aromatic carbocycles. The van der Waals surface area contributed by atoms with Gasteiger partial charge in [-0.2, -0.15) is 0 Å². The Morgan fingerprint density at radius 1 is 1.28 bits per heavy atom. The number of hydrogen-bond donors (Lipinski definition) is 1. The van der Waals surface area contributed by atoms with Crippen LogP contribution in [0, 0.1) is 0 Å². The monoisotopic (exact) mass is 249 g/mol. The molecule has 0 saturated heterocycles. The molecule has 0 atom stereocenters. The van der Waals surface area contributed by atoms with E-state index in [0.29, 0.717) is 6.61 Å². The van der Waals surface area contributed by atoms with Crippen LogP contribution in [0.4, 0.5) is 0 Å². The molecule has 0 heterocycles. The van der Waals surface area contributed by atoms with Crippen LogP contribution in [0.25, 0.3) is 0 Å². The summed E-state index contributed by atoms with van der Waals surface area (Å²) in [6.45, 7) is 7.09. The zero-order chi connectivity index (χ0) is 13.5. The number of unbranched alkanes of at least 4 members (excludes halogenated alkanes) is 2. The maximum absolute atomic E-state index is 9.66. The van der Waals surface area contributed by atoms with E-state index in [1.165, 1.54) is 12.8 Å². The molecule has 0 aliphatic heterocycles. The van der Waals surface area contributed by atoms with Gasteiger partial charge in [0.1, 0.15) is 12.4 Å². The van der Waals surface area contributed by atoms with Gasteiger partial charge in [-0.1, -0.05) is 50.6 Å². The highest BCUT2D eigenvalue weighted by atomic mass is 16.5. The summed E-state index contributed by atoms with van der Waals surface area (Å²) < 4.78 is 5.24. The SMILES string of the molecule is C=CCOc1ccccc1.CCCCCNC=O. The van der Waals surface area contributed by atoms with E-state index in [9.17, 15) is 4.79 Å². The molecule has 0 aliphatic rings. The van der Waals surface area contributed by atoms with Crippen LogP contribution in [0.5, 0.6) is 5.75 Å². The lowest BCUT2D eigenvalue weighted by molar-refractivity contribution is -0.109. The van der Waals surface area contributed by atoms with Gasteiger partial charge in [-0.15, -0.1) is 0 Å². The minimum Gasteiger partial charge on any atom is -0.490 e. The fourth-order valence-corrected chi connectivity index (χ4v) is 1.21. The fraction of sp³-hybridized carbons (Fsp3) is 0.400. The quantitative estimate of drug-likeness (QED) is 0.436. The van der Waals surface area contributed by atoms with Crippen LogP contribution in [-0.2, 0) is 4.79 Å². The lowest BCUT2D eigenvalue weighted by Gasteiger charge is -1.99. The largest absolute Gasteiger partial charge is 0.490 e. The molecule has 1 amide bonds. The van der Waals surface area contributed by atoms with Crippen molar-refractivity contribution >= 4 is 6.41 Å². The van der Waals surface area contributed by atoms with E-state index in [1.54, 1.807) is 6.08 Å². The molecule has 0 bridgehead atoms. The molecule has 3 heteroatoms. The van der Waals surface area contributed by atoms with Crippen molar-refractivity contribution in [3.8, 4) is 5.75 Å². The standard InChI is InChI=1S/C9H10O.C6H13NO/c1-2-8-10-9-6-4-3-5-7-9;1-2-3-4-5-7-6-8/h2-7H,1,8H2;6H,2-5H2,1H3,(H,7,8). The summed E-state index contributed by atoms with van der Waals surface area (Å²) in [6.07, 6.45) is 6.00. The first-order chi connectivity index (χ1) is 8.85. The van der Waals surface area contributed by atoms with Crippen molar-refractivity contribution in [2.45, 2.75) is 26.2 Å². The summed E-state index contributed by atoms with van der Waals surface area (Å²) in [4.78, 5) is 9.66. The van der Waals surface area contributed by atoms with E-state index in [0.717, 1.165) is 25.1 Å². The molecular weight excluding hydrogens is 226 g/mol. The van der Waals surface area contributed by atoms with Gasteiger partial charge in [0.2, 0.25) is 6.41 Å². The molecule has 18 heavy (non-hydrogen) atoms. The van der Waals surface area contributed by atoms with Crippen LogP contribution in [0.2, 0.25) is 0 Å². The van der Waals surface area contributed by atoms with Gasteiger partial charge in [-0.05, 0) is 18.6 Å². The van der Waals surface area contributed by atoms with E-state index in [2.05, 4.69) is 18.8 Å². The second-order valence-corrected chi connectivity index (χ2v) is 3.69. The first-order valence-electron chi connectivity index (χ1n) is 6.31. The van der Waals surface area contributed by atoms with Crippen LogP contribution in [0.1, 0.15) is 26.2 Å². The highest BCUT2D eigenvalue weighted by molar-refractivity contribution is 5.45. The molecule has 0 aromatic heterocycles. The zero-order valence-corrected chi connectivity index (χ0v) is 11.1. The Morgan fingerprint density at radius 2 is 2.00 bits per heavy atom. The second kappa shape index (κ2) is 13.3. The van der Waals surface area contributed by atoms with Crippen LogP contribution in [0.3, 0.4) is 0 Å². The first kappa shape index (κ1) is 16.2. The number of carbonyl (C=O) groups excluding carboxylic acids is 1. The molecule has 0 aliphatic carbocycles. The van der Waals surface area contributed by atoms with Crippen molar-refractivity contribution in [1.82, 2.24) is 5.32 Å². The number of amides is 1. The lowest BCUT2D eigenvalue weighted by atomic mass is 10.2. The highest BCUT2D eigenvalue weighted by Gasteiger charge is 1.85. The summed E-state index contributed by atoms with van der Waals surface area (Å²) in [7, 11) is 0. The second-order valence-electron chi connectivity index (χ2n) is 3.69. The van der Waals surface area contributed by atoms with Gasteiger partial charge in [-0.3, -0.25) is 4.79 Å². The minimum atomic E-state index is 0.573. The van der Waals surface area contributed by atoms with Gasteiger partial charge in [0, 0.05) is 6.54 Å². The summed E-state index contributed by atoms with van der Waals surface area (Å²) in [6, 6.07) is 9.69. The topological polar surface area (TPSA) is 38.3 Å². The maximum atomic E-state index is 9.66. The van der Waals surface area contributed by atoms with Gasteiger partial charge >= 0.3 is 0 Å². The molecule has 0 radical (unpaired) electrons. The van der Waals surface area contributed by atoms with Gasteiger partial charge in [0.25, 0.3) is 0 Å². The first-order valence-corrected chi connectivity index (χ1v) is 6.31. The van der Waals surface area contributed by atoms with Crippen molar-refractivity contribution in [3.63, 3.8) is 0 Å². The molecule has 1 rings (SSSR count). The van der Waals surface area contributed by atoms with Crippen molar-refractivity contribution in [1.29, 1.82) is 0 Å². The zero-order valence-electron chi connectivity index (χ0n) is 11.1. The predicted octanol–water partition coefficient (Wildman–Crippen LogP) is 3.17. The molecule has 0 spiro atoms. The van der Waals surface area contributed by atoms with Crippen molar-refractivity contribution in [3.05, 3.63) is 43.0 Å². The number of hydrogen-bond acceptors (Lipinski definition) is 2. The van der Waals surface area contributed by atoms with Gasteiger partial charge < -0.3 is 10.1 Å². The van der Waals surface area contributed by atoms with Crippen molar-refractivity contribution in [2.24, 2.45) is 0 Å². The van der Waals surface area contributed by atoms with Crippen molar-refractivity contribution < 1.29 is 9.53 Å². The average Bonchev–Trinajstić information content (AvgIpc) is 2.43. The third-order valence-corrected chi connectivity index (χ3v) is 2.12. The molecule has 3 nitrogen and oxygen atoms in total. The van der Waals surface area contributed by atoms with E-state index < -0.39 is 0 Å². The number of rotatable bonds is 8. The lowest BCUT2D eigenvalue weighted by Crippen LogP contribution is -2.11. The number of para-hydroxylation sites is 1. The summed E-state index contributed by atoms with van der Waals surface area (Å²) in [5, 5.41) is 2.60. The minimum absolute atomic E-state index is 0.573. The van der Waals surface area contributed by atoms with Crippen LogP contribution < -0.4 is 10.1 Å². The number of carbonyl (C=O) groups is 1. The molecule has 0 unspecified atom stereocenters. The number of benzene rings is 1. The molecular formula is C15H23NO2. The Kier molecular flexibility index (Phi) is 12.0. The fourth-order valence-electron chi connectivity index (χ4n) is 1.21. The molecule has 100 valence electrons. The molecule has 0 saturated carbocycles. The Morgan fingerprint density at radius 3 is 2.56 bits per heavy atom. The van der Waals surface area contributed by atoms with E-state index >= 15 is 0 Å². The average molecular weight is 249 g/mol. The molecule has 0 fully saturated rings. The number of ether oxygens (including phenoxy) is 1. The normalized spacial score (nSPS) is 8.72. The number of nitrogens with one attached hydrogen (secondary N) is 1. The highest BCUT2D eigenvalue weighted by Crippen LogP contribution is 2.07. The van der Waals surface area contributed by atoms with E-state index in [4.69, 9.17) is 4.74 Å². The van der Waals surface area contributed by atoms with E-state index in [-0.39, 0.29) is 0 Å². The van der Waals surface area contributed by atoms with E-state index in [1.807, 2.05) is 30.3 Å². The van der Waals surface area contributed by atoms with Gasteiger partial charge in [0.05, 0.1) is 0 Å². The smallest absolute Gasteiger partial charge is 0.207 e. The van der Waals surface area contributed by atoms with Gasteiger partial charge in [0.15, 0.2) is 0 Å². The maximum Gasteiger partial charge on any atom is 0.207 e. The molecule has 1 aromatic rings. The Labute approximate surface area is 110 Å². The molecule has 1 N–H and O–H groups in total. The van der Waals surface area contributed by atoms with Gasteiger partial charge in [-0.25, -0.2) is 0 Å². The van der Waals surface area contributed by atoms with Crippen LogP contribution in [-0.4, -0.2) is 19.6 Å². The Bertz CT molecular complexity index is 299. The summed E-state index contributed by atoms with van der Waals surface area (Å²) in [5.41, 5.74) is 0. The Balaban J connectivity index is 0.000000331. The summed E-state index contributed by atoms with van der Waals surface area (Å²) >= 11 is 0. The summed E-state index contributed by atoms with van der Waals surface area (Å²) in [5.74, 6) is 0.891. The Hall–Kier alpha value is -1.77.